The van der Waals surface area contributed by atoms with E-state index in [-0.39, 0.29) is 22.3 Å². The first-order chi connectivity index (χ1) is 63.5. The second-order valence-electron chi connectivity index (χ2n) is 31.8. The van der Waals surface area contributed by atoms with Gasteiger partial charge in [0.05, 0.1) is 71.2 Å². The van der Waals surface area contributed by atoms with Crippen LogP contribution in [-0.2, 0) is 0 Å². The highest BCUT2D eigenvalue weighted by Crippen LogP contribution is 2.47. The number of furan rings is 4. The van der Waals surface area contributed by atoms with Crippen molar-refractivity contribution >= 4 is 208 Å². The minimum absolute atomic E-state index is 0. The van der Waals surface area contributed by atoms with E-state index in [4.69, 9.17) is 37.0 Å². The van der Waals surface area contributed by atoms with Gasteiger partial charge in [0.15, 0.2) is 11.4 Å². The first kappa shape index (κ1) is 78.3. The molecule has 0 aliphatic rings. The standard InChI is InChI=1S/C40H25N3O.C25H14N2O2.C25H14N2OS.C21H12N4O.3CH4/c1-3-11-26(12-4-1)32-25-33(27-13-5-2-6-14-27)42-40(41-32)28-19-21-29(22-20-28)43-34-17-9-7-15-30(34)38-35(43)23-24-37-39(38)31-16-8-10-18-36(31)44-37;1-4-10-18-15(7-1)23-19(27(18)25-26-17-9-3-6-12-21(17)29-25)13-14-22-24(23)16-8-2-5-11-20(16)28-22;1-3-7-19-16(5-1)24-20(27(19)15-9-10-18-23(13-15)29-14-26-18)11-12-22-25(24)17-6-2-4-8-21(17)28-22;1-3-7-15-13(5-1)19-16(25(15)21-23-11-22-12-24-21)9-10-18-20(19)14-6-2-4-8-17(14)26-18;;;/h1-25H;2*1-14H;1-12H;3*1H4. The number of fused-ring (bicyclic) bond motifs is 30. The van der Waals surface area contributed by atoms with Crippen molar-refractivity contribution in [2.75, 3.05) is 0 Å². The molecule has 0 bridgehead atoms. The van der Waals surface area contributed by atoms with E-state index in [0.29, 0.717) is 17.8 Å². The highest BCUT2D eigenvalue weighted by Gasteiger charge is 2.26. The molecule has 29 rings (SSSR count). The Morgan fingerprint density at radius 2 is 0.588 bits per heavy atom. The lowest BCUT2D eigenvalue weighted by molar-refractivity contribution is 0.574. The summed E-state index contributed by atoms with van der Waals surface area (Å²) in [4.78, 5) is 31.9. The summed E-state index contributed by atoms with van der Waals surface area (Å²) in [6.07, 6.45) is 3.05. The number of thiazole rings is 1. The van der Waals surface area contributed by atoms with E-state index in [2.05, 4.69) is 275 Å². The lowest BCUT2D eigenvalue weighted by atomic mass is 10.1. The molecule has 12 heterocycles. The van der Waals surface area contributed by atoms with Crippen LogP contribution in [0.15, 0.2) is 416 Å². The fourth-order valence-electron chi connectivity index (χ4n) is 19.2. The summed E-state index contributed by atoms with van der Waals surface area (Å²) in [6, 6.07) is 130. The van der Waals surface area contributed by atoms with Gasteiger partial charge in [-0.1, -0.05) is 241 Å². The van der Waals surface area contributed by atoms with Crippen LogP contribution in [-0.4, -0.2) is 53.2 Å². The number of oxazole rings is 1. The SMILES string of the molecule is C.C.C.c1ccc(-c2cc(-c3ccccc3)nc(-c3ccc(-n4c5ccccc5c5c6c(ccc54)oc4ccccc46)cc3)n2)cc1.c1ccc2c(c1)oc1ccc3c(c4ccccc4n3-c3ccc4ncsc4c3)c12.c1ccc2c(c1)oc1ccc3c(c4ccccc4n3-c3ncncn3)c12.c1ccc2oc(-n3c4ccccc4c4c5c(ccc43)oc3ccccc35)nc2c1. The molecule has 0 N–H and O–H groups in total. The normalized spacial score (nSPS) is 11.6. The Hall–Kier alpha value is -17.4. The van der Waals surface area contributed by atoms with Crippen LogP contribution in [0.2, 0.25) is 0 Å². The Morgan fingerprint density at radius 1 is 0.229 bits per heavy atom. The van der Waals surface area contributed by atoms with Crippen molar-refractivity contribution in [3.63, 3.8) is 0 Å². The Kier molecular flexibility index (Phi) is 18.9. The molecule has 0 amide bonds. The van der Waals surface area contributed by atoms with Crippen LogP contribution in [0.25, 0.3) is 254 Å². The maximum atomic E-state index is 6.25. The van der Waals surface area contributed by atoms with Crippen molar-refractivity contribution in [1.82, 2.24) is 53.2 Å². The Balaban J connectivity index is 0.000000101. The van der Waals surface area contributed by atoms with E-state index >= 15 is 0 Å². The second-order valence-corrected chi connectivity index (χ2v) is 32.7. The van der Waals surface area contributed by atoms with Crippen molar-refractivity contribution in [1.29, 1.82) is 0 Å². The largest absolute Gasteiger partial charge is 0.456 e. The predicted octanol–water partition coefficient (Wildman–Crippen LogP) is 31.4. The first-order valence-electron chi connectivity index (χ1n) is 42.3. The van der Waals surface area contributed by atoms with Crippen molar-refractivity contribution in [3.8, 4) is 57.2 Å². The van der Waals surface area contributed by atoms with Crippen LogP contribution < -0.4 is 0 Å². The van der Waals surface area contributed by atoms with E-state index in [1.807, 2.05) is 145 Å². The van der Waals surface area contributed by atoms with Crippen LogP contribution in [0.4, 0.5) is 0 Å². The number of aromatic nitrogens is 11. The van der Waals surface area contributed by atoms with Gasteiger partial charge in [0.25, 0.3) is 0 Å². The minimum Gasteiger partial charge on any atom is -0.456 e. The molecular weight excluding hydrogens is 1640 g/mol. The number of nitrogens with zero attached hydrogens (tertiary/aromatic N) is 11. The maximum Gasteiger partial charge on any atom is 0.307 e. The van der Waals surface area contributed by atoms with Gasteiger partial charge in [-0.15, -0.1) is 11.3 Å². The van der Waals surface area contributed by atoms with Gasteiger partial charge in [-0.25, -0.2) is 29.9 Å². The Bertz CT molecular complexity index is 9230. The summed E-state index contributed by atoms with van der Waals surface area (Å²) >= 11 is 1.68. The second kappa shape index (κ2) is 31.6. The molecule has 0 saturated heterocycles. The summed E-state index contributed by atoms with van der Waals surface area (Å²) < 4.78 is 40.8. The molecule has 16 nitrogen and oxygen atoms in total. The van der Waals surface area contributed by atoms with Gasteiger partial charge >= 0.3 is 6.01 Å². The average molecular weight is 1710 g/mol. The molecule has 0 aliphatic heterocycles. The highest BCUT2D eigenvalue weighted by molar-refractivity contribution is 7.16. The molecule has 0 fully saturated rings. The van der Waals surface area contributed by atoms with E-state index < -0.39 is 0 Å². The molecule has 0 unspecified atom stereocenters. The summed E-state index contributed by atoms with van der Waals surface area (Å²) in [6.45, 7) is 0. The van der Waals surface area contributed by atoms with Gasteiger partial charge < -0.3 is 31.2 Å². The molecule has 0 atom stereocenters. The zero-order valence-corrected chi connectivity index (χ0v) is 68.7. The summed E-state index contributed by atoms with van der Waals surface area (Å²) in [7, 11) is 0. The van der Waals surface area contributed by atoms with Crippen LogP contribution in [0, 0.1) is 0 Å². The van der Waals surface area contributed by atoms with Gasteiger partial charge in [-0.05, 0) is 158 Å². The number of hydrogen-bond acceptors (Lipinski definition) is 13. The first-order valence-corrected chi connectivity index (χ1v) is 43.1. The molecule has 0 aliphatic carbocycles. The van der Waals surface area contributed by atoms with Crippen molar-refractivity contribution in [3.05, 3.63) is 394 Å². The lowest BCUT2D eigenvalue weighted by Gasteiger charge is -2.11. The molecule has 17 aromatic carbocycles. The molecule has 0 spiro atoms. The van der Waals surface area contributed by atoms with E-state index in [1.54, 1.807) is 11.3 Å². The van der Waals surface area contributed by atoms with E-state index in [9.17, 15) is 0 Å². The highest BCUT2D eigenvalue weighted by atomic mass is 32.1. The van der Waals surface area contributed by atoms with E-state index in [0.717, 1.165) is 193 Å². The molecule has 0 radical (unpaired) electrons. The number of hydrogen-bond donors (Lipinski definition) is 0. The van der Waals surface area contributed by atoms with Gasteiger partial charge in [0, 0.05) is 114 Å². The molecule has 0 saturated carbocycles. The van der Waals surface area contributed by atoms with Crippen LogP contribution in [0.5, 0.6) is 0 Å². The van der Waals surface area contributed by atoms with Crippen molar-refractivity contribution in [2.24, 2.45) is 0 Å². The third kappa shape index (κ3) is 12.6. The van der Waals surface area contributed by atoms with Gasteiger partial charge in [-0.2, -0.15) is 4.98 Å². The minimum atomic E-state index is 0. The number of rotatable bonds is 7. The lowest BCUT2D eigenvalue weighted by Crippen LogP contribution is -2.00. The Morgan fingerprint density at radius 3 is 1.03 bits per heavy atom. The van der Waals surface area contributed by atoms with Gasteiger partial charge in [0.1, 0.15) is 62.8 Å². The van der Waals surface area contributed by atoms with Crippen molar-refractivity contribution in [2.45, 2.75) is 22.3 Å². The molecular formula is C114H77N11O5S. The number of benzene rings is 17. The average Bonchev–Trinajstić information content (AvgIpc) is 1.57. The smallest absolute Gasteiger partial charge is 0.307 e. The maximum absolute atomic E-state index is 6.25. The molecule has 131 heavy (non-hydrogen) atoms. The summed E-state index contributed by atoms with van der Waals surface area (Å²) in [5.41, 5.74) is 27.9. The monoisotopic (exact) mass is 1710 g/mol. The zero-order chi connectivity index (χ0) is 84.0. The quantitative estimate of drug-likeness (QED) is 0.148. The molecule has 624 valence electrons. The fourth-order valence-corrected chi connectivity index (χ4v) is 19.9. The third-order valence-electron chi connectivity index (χ3n) is 24.7. The van der Waals surface area contributed by atoms with Crippen LogP contribution >= 0.6 is 11.3 Å². The zero-order valence-electron chi connectivity index (χ0n) is 67.9. The third-order valence-corrected chi connectivity index (χ3v) is 25.5. The fraction of sp³-hybridized carbons (Fsp3) is 0.0263. The Labute approximate surface area is 751 Å². The van der Waals surface area contributed by atoms with Gasteiger partial charge in [0.2, 0.25) is 5.95 Å². The topological polar surface area (TPSA) is 176 Å². The molecule has 12 aromatic heterocycles. The van der Waals surface area contributed by atoms with Gasteiger partial charge in [-0.3, -0.25) is 9.13 Å². The number of para-hydroxylation sites is 10. The molecule has 17 heteroatoms. The van der Waals surface area contributed by atoms with Crippen LogP contribution in [0.1, 0.15) is 22.3 Å². The van der Waals surface area contributed by atoms with E-state index in [1.165, 1.54) is 55.3 Å². The summed E-state index contributed by atoms with van der Waals surface area (Å²) in [5.74, 6) is 1.31. The predicted molar refractivity (Wildman–Crippen MR) is 538 cm³/mol. The van der Waals surface area contributed by atoms with Crippen molar-refractivity contribution < 1.29 is 22.1 Å². The molecule has 29 aromatic rings. The summed E-state index contributed by atoms with van der Waals surface area (Å²) in [5, 5.41) is 18.6. The van der Waals surface area contributed by atoms with Crippen LogP contribution in [0.3, 0.4) is 0 Å².